The molecule has 1 aromatic rings. The Kier molecular flexibility index (Phi) is 10.5. The van der Waals surface area contributed by atoms with Gasteiger partial charge in [-0.3, -0.25) is 9.89 Å². The molecule has 2 saturated heterocycles. The van der Waals surface area contributed by atoms with E-state index >= 15 is 0 Å². The van der Waals surface area contributed by atoms with Gasteiger partial charge in [0.25, 0.3) is 0 Å². The highest BCUT2D eigenvalue weighted by Crippen LogP contribution is 2.31. The highest BCUT2D eigenvalue weighted by atomic mass is 127. The number of ether oxygens (including phenoxy) is 3. The lowest BCUT2D eigenvalue weighted by molar-refractivity contribution is -0.0164. The minimum atomic E-state index is 0. The molecule has 0 amide bonds. The summed E-state index contributed by atoms with van der Waals surface area (Å²) in [7, 11) is 5.15. The van der Waals surface area contributed by atoms with Crippen molar-refractivity contribution >= 4 is 29.9 Å². The molecule has 3 rings (SSSR count). The smallest absolute Gasteiger partial charge is 0.191 e. The third-order valence-corrected chi connectivity index (χ3v) is 6.16. The Hall–Kier alpha value is -1.26. The van der Waals surface area contributed by atoms with Crippen molar-refractivity contribution in [2.24, 2.45) is 4.99 Å². The van der Waals surface area contributed by atoms with Crippen LogP contribution in [0.4, 0.5) is 0 Å². The van der Waals surface area contributed by atoms with E-state index in [1.807, 2.05) is 19.2 Å². The van der Waals surface area contributed by atoms with Crippen LogP contribution in [0.1, 0.15) is 31.2 Å². The maximum absolute atomic E-state index is 5.65. The molecule has 0 spiro atoms. The Balaban J connectivity index is 0.00000320. The van der Waals surface area contributed by atoms with Gasteiger partial charge in [-0.2, -0.15) is 0 Å². The maximum atomic E-state index is 5.65. The summed E-state index contributed by atoms with van der Waals surface area (Å²) in [5, 5.41) is 7.03. The first-order valence-electron chi connectivity index (χ1n) is 10.7. The van der Waals surface area contributed by atoms with Crippen LogP contribution in [-0.4, -0.2) is 77.1 Å². The molecule has 1 aromatic carbocycles. The highest BCUT2D eigenvalue weighted by Gasteiger charge is 2.39. The van der Waals surface area contributed by atoms with E-state index in [0.29, 0.717) is 0 Å². The van der Waals surface area contributed by atoms with E-state index in [1.165, 1.54) is 31.5 Å². The normalized spacial score (nSPS) is 19.1. The van der Waals surface area contributed by atoms with Crippen molar-refractivity contribution in [3.63, 3.8) is 0 Å². The molecule has 30 heavy (non-hydrogen) atoms. The summed E-state index contributed by atoms with van der Waals surface area (Å²) in [6.45, 7) is 5.81. The third-order valence-electron chi connectivity index (χ3n) is 6.16. The van der Waals surface area contributed by atoms with Gasteiger partial charge in [0.2, 0.25) is 0 Å². The van der Waals surface area contributed by atoms with Gasteiger partial charge in [-0.25, -0.2) is 0 Å². The number of hydrogen-bond acceptors (Lipinski definition) is 5. The Labute approximate surface area is 197 Å². The van der Waals surface area contributed by atoms with Gasteiger partial charge >= 0.3 is 0 Å². The van der Waals surface area contributed by atoms with E-state index in [4.69, 9.17) is 14.2 Å². The van der Waals surface area contributed by atoms with E-state index in [0.717, 1.165) is 63.0 Å². The molecule has 0 aromatic heterocycles. The van der Waals surface area contributed by atoms with E-state index in [2.05, 4.69) is 26.6 Å². The van der Waals surface area contributed by atoms with Gasteiger partial charge in [-0.1, -0.05) is 6.07 Å². The molecule has 0 radical (unpaired) electrons. The monoisotopic (exact) mass is 532 g/mol. The quantitative estimate of drug-likeness (QED) is 0.305. The lowest BCUT2D eigenvalue weighted by Crippen LogP contribution is -2.58. The molecule has 7 nitrogen and oxygen atoms in total. The molecule has 2 aliphatic rings. The standard InChI is InChI=1S/C22H36N4O3.HI/c1-23-21(24-11-8-18-6-7-19(27-2)20(16-18)28-3)25-17-22(9-14-29-15-10-22)26-12-4-5-13-26;/h6-7,16H,4-5,8-15,17H2,1-3H3,(H2,23,24,25);1H. The molecule has 0 aliphatic carbocycles. The second kappa shape index (κ2) is 12.6. The van der Waals surface area contributed by atoms with Crippen molar-refractivity contribution in [1.29, 1.82) is 0 Å². The molecule has 170 valence electrons. The van der Waals surface area contributed by atoms with Crippen LogP contribution >= 0.6 is 24.0 Å². The number of likely N-dealkylation sites (tertiary alicyclic amines) is 1. The van der Waals surface area contributed by atoms with Crippen molar-refractivity contribution in [2.75, 3.05) is 60.7 Å². The Morgan fingerprint density at radius 3 is 2.43 bits per heavy atom. The number of nitrogens with one attached hydrogen (secondary N) is 2. The summed E-state index contributed by atoms with van der Waals surface area (Å²) in [4.78, 5) is 7.09. The minimum Gasteiger partial charge on any atom is -0.493 e. The fourth-order valence-electron chi connectivity index (χ4n) is 4.38. The van der Waals surface area contributed by atoms with Gasteiger partial charge < -0.3 is 24.8 Å². The van der Waals surface area contributed by atoms with Crippen molar-refractivity contribution in [3.8, 4) is 11.5 Å². The average Bonchev–Trinajstić information content (AvgIpc) is 3.32. The molecule has 0 bridgehead atoms. The fraction of sp³-hybridized carbons (Fsp3) is 0.682. The van der Waals surface area contributed by atoms with Crippen LogP contribution in [0.5, 0.6) is 11.5 Å². The lowest BCUT2D eigenvalue weighted by Gasteiger charge is -2.45. The van der Waals surface area contributed by atoms with Crippen LogP contribution < -0.4 is 20.1 Å². The zero-order valence-corrected chi connectivity index (χ0v) is 20.9. The molecule has 2 fully saturated rings. The average molecular weight is 532 g/mol. The van der Waals surface area contributed by atoms with Crippen LogP contribution in [0, 0.1) is 0 Å². The zero-order valence-electron chi connectivity index (χ0n) is 18.5. The first-order chi connectivity index (χ1) is 14.2. The van der Waals surface area contributed by atoms with Crippen molar-refractivity contribution in [2.45, 2.75) is 37.6 Å². The molecule has 2 heterocycles. The van der Waals surface area contributed by atoms with Crippen LogP contribution in [0.15, 0.2) is 23.2 Å². The van der Waals surface area contributed by atoms with Gasteiger partial charge in [0.15, 0.2) is 17.5 Å². The fourth-order valence-corrected chi connectivity index (χ4v) is 4.38. The molecule has 2 N–H and O–H groups in total. The topological polar surface area (TPSA) is 67.4 Å². The third kappa shape index (κ3) is 6.37. The first-order valence-corrected chi connectivity index (χ1v) is 10.7. The number of guanidine groups is 1. The number of nitrogens with zero attached hydrogens (tertiary/aromatic N) is 2. The highest BCUT2D eigenvalue weighted by molar-refractivity contribution is 14.0. The second-order valence-electron chi connectivity index (χ2n) is 7.82. The summed E-state index contributed by atoms with van der Waals surface area (Å²) in [6, 6.07) is 6.05. The van der Waals surface area contributed by atoms with Crippen molar-refractivity contribution in [1.82, 2.24) is 15.5 Å². The van der Waals surface area contributed by atoms with Crippen LogP contribution in [0.2, 0.25) is 0 Å². The number of methoxy groups -OCH3 is 2. The van der Waals surface area contributed by atoms with Crippen LogP contribution in [0.25, 0.3) is 0 Å². The Morgan fingerprint density at radius 2 is 1.80 bits per heavy atom. The molecule has 0 saturated carbocycles. The molecule has 8 heteroatoms. The van der Waals surface area contributed by atoms with E-state index < -0.39 is 0 Å². The van der Waals surface area contributed by atoms with Crippen molar-refractivity contribution in [3.05, 3.63) is 23.8 Å². The van der Waals surface area contributed by atoms with Gasteiger partial charge in [0, 0.05) is 38.9 Å². The van der Waals surface area contributed by atoms with E-state index in [9.17, 15) is 0 Å². The number of benzene rings is 1. The van der Waals surface area contributed by atoms with Gasteiger partial charge in [-0.15, -0.1) is 24.0 Å². The number of aliphatic imine (C=N–C) groups is 1. The predicted octanol–water partition coefficient (Wildman–Crippen LogP) is 2.67. The van der Waals surface area contributed by atoms with Gasteiger partial charge in [0.05, 0.1) is 14.2 Å². The Morgan fingerprint density at radius 1 is 1.10 bits per heavy atom. The first kappa shape index (κ1) is 25.0. The number of rotatable bonds is 8. The summed E-state index contributed by atoms with van der Waals surface area (Å²) >= 11 is 0. The summed E-state index contributed by atoms with van der Waals surface area (Å²) < 4.78 is 16.4. The number of halogens is 1. The van der Waals surface area contributed by atoms with Crippen LogP contribution in [-0.2, 0) is 11.2 Å². The summed E-state index contributed by atoms with van der Waals surface area (Å²) in [5.41, 5.74) is 1.39. The lowest BCUT2D eigenvalue weighted by atomic mass is 9.88. The number of hydrogen-bond donors (Lipinski definition) is 2. The second-order valence-corrected chi connectivity index (χ2v) is 7.82. The largest absolute Gasteiger partial charge is 0.493 e. The maximum Gasteiger partial charge on any atom is 0.191 e. The van der Waals surface area contributed by atoms with E-state index in [1.54, 1.807) is 14.2 Å². The SMILES string of the molecule is CN=C(NCCc1ccc(OC)c(OC)c1)NCC1(N2CCCC2)CCOCC1.I. The molecular weight excluding hydrogens is 495 g/mol. The van der Waals surface area contributed by atoms with Gasteiger partial charge in [-0.05, 0) is 62.9 Å². The molecule has 2 aliphatic heterocycles. The van der Waals surface area contributed by atoms with Crippen LogP contribution in [0.3, 0.4) is 0 Å². The minimum absolute atomic E-state index is 0. The molecule has 0 atom stereocenters. The predicted molar refractivity (Wildman–Crippen MR) is 132 cm³/mol. The summed E-state index contributed by atoms with van der Waals surface area (Å²) in [6.07, 6.45) is 5.67. The summed E-state index contributed by atoms with van der Waals surface area (Å²) in [5.74, 6) is 2.38. The van der Waals surface area contributed by atoms with Crippen molar-refractivity contribution < 1.29 is 14.2 Å². The van der Waals surface area contributed by atoms with Gasteiger partial charge in [0.1, 0.15) is 0 Å². The molecular formula is C22H37IN4O3. The van der Waals surface area contributed by atoms with E-state index in [-0.39, 0.29) is 29.5 Å². The zero-order chi connectivity index (χ0) is 20.5. The molecule has 0 unspecified atom stereocenters. The Bertz CT molecular complexity index is 674.